The zero-order valence-corrected chi connectivity index (χ0v) is 12.4. The van der Waals surface area contributed by atoms with Crippen molar-refractivity contribution in [1.29, 1.82) is 0 Å². The van der Waals surface area contributed by atoms with Crippen LogP contribution in [0.2, 0.25) is 5.02 Å². The minimum Gasteiger partial charge on any atom is -0.313 e. The maximum atomic E-state index is 13.9. The molecule has 1 N–H and O–H groups in total. The summed E-state index contributed by atoms with van der Waals surface area (Å²) in [6, 6.07) is 5.47. The first-order valence-electron chi connectivity index (χ1n) is 6.58. The standard InChI is InChI=1S/C15H23ClFN/c1-5-15(3,4)13(18-6-2)10-11-8-7-9-12(16)14(11)17/h7-9,13,18H,5-6,10H2,1-4H3. The molecule has 0 fully saturated rings. The highest BCUT2D eigenvalue weighted by atomic mass is 35.5. The summed E-state index contributed by atoms with van der Waals surface area (Å²) >= 11 is 5.83. The van der Waals surface area contributed by atoms with Gasteiger partial charge in [-0.1, -0.05) is 51.4 Å². The summed E-state index contributed by atoms with van der Waals surface area (Å²) in [5, 5.41) is 3.66. The summed E-state index contributed by atoms with van der Waals surface area (Å²) in [4.78, 5) is 0. The van der Waals surface area contributed by atoms with Crippen molar-refractivity contribution in [3.8, 4) is 0 Å². The fourth-order valence-corrected chi connectivity index (χ4v) is 2.24. The fourth-order valence-electron chi connectivity index (χ4n) is 2.04. The molecule has 0 heterocycles. The largest absolute Gasteiger partial charge is 0.313 e. The van der Waals surface area contributed by atoms with Gasteiger partial charge in [0.25, 0.3) is 0 Å². The van der Waals surface area contributed by atoms with Gasteiger partial charge in [-0.3, -0.25) is 0 Å². The molecule has 0 bridgehead atoms. The van der Waals surface area contributed by atoms with Crippen LogP contribution in [0.4, 0.5) is 4.39 Å². The lowest BCUT2D eigenvalue weighted by Crippen LogP contribution is -2.43. The van der Waals surface area contributed by atoms with Gasteiger partial charge in [0, 0.05) is 6.04 Å². The molecule has 0 aromatic heterocycles. The van der Waals surface area contributed by atoms with E-state index in [1.165, 1.54) is 0 Å². The van der Waals surface area contributed by atoms with E-state index < -0.39 is 0 Å². The molecule has 0 amide bonds. The van der Waals surface area contributed by atoms with Crippen molar-refractivity contribution in [2.75, 3.05) is 6.54 Å². The monoisotopic (exact) mass is 271 g/mol. The number of benzene rings is 1. The third-order valence-electron chi connectivity index (χ3n) is 3.76. The summed E-state index contributed by atoms with van der Waals surface area (Å²) in [5.74, 6) is -0.283. The molecule has 1 nitrogen and oxygen atoms in total. The van der Waals surface area contributed by atoms with Gasteiger partial charge in [-0.2, -0.15) is 0 Å². The lowest BCUT2D eigenvalue weighted by atomic mass is 9.79. The molecular formula is C15H23ClFN. The summed E-state index contributed by atoms with van der Waals surface area (Å²) in [7, 11) is 0. The first-order chi connectivity index (χ1) is 8.42. The van der Waals surface area contributed by atoms with Gasteiger partial charge in [-0.15, -0.1) is 0 Å². The van der Waals surface area contributed by atoms with Crippen molar-refractivity contribution in [2.24, 2.45) is 5.41 Å². The molecule has 0 aliphatic carbocycles. The third kappa shape index (κ3) is 3.69. The maximum absolute atomic E-state index is 13.9. The second-order valence-electron chi connectivity index (χ2n) is 5.37. The minimum absolute atomic E-state index is 0.130. The summed E-state index contributed by atoms with van der Waals surface area (Å²) in [6.45, 7) is 9.55. The number of hydrogen-bond donors (Lipinski definition) is 1. The zero-order chi connectivity index (χ0) is 13.8. The summed E-state index contributed by atoms with van der Waals surface area (Å²) < 4.78 is 13.9. The van der Waals surface area contributed by atoms with Crippen LogP contribution in [0.3, 0.4) is 0 Å². The topological polar surface area (TPSA) is 12.0 Å². The second kappa shape index (κ2) is 6.53. The Kier molecular flexibility index (Phi) is 5.61. The van der Waals surface area contributed by atoms with Crippen LogP contribution in [-0.4, -0.2) is 12.6 Å². The van der Waals surface area contributed by atoms with Crippen LogP contribution in [0.5, 0.6) is 0 Å². The normalized spacial score (nSPS) is 13.7. The van der Waals surface area contributed by atoms with E-state index in [-0.39, 0.29) is 22.3 Å². The molecule has 18 heavy (non-hydrogen) atoms. The first-order valence-corrected chi connectivity index (χ1v) is 6.96. The van der Waals surface area contributed by atoms with Gasteiger partial charge in [0.2, 0.25) is 0 Å². The van der Waals surface area contributed by atoms with Crippen molar-refractivity contribution in [2.45, 2.75) is 46.6 Å². The highest BCUT2D eigenvalue weighted by Gasteiger charge is 2.28. The Bertz CT molecular complexity index is 390. The van der Waals surface area contributed by atoms with E-state index in [1.807, 2.05) is 12.1 Å². The van der Waals surface area contributed by atoms with Crippen molar-refractivity contribution in [3.05, 3.63) is 34.6 Å². The number of nitrogens with one attached hydrogen (secondary N) is 1. The SMILES string of the molecule is CCNC(Cc1cccc(Cl)c1F)C(C)(C)CC. The Morgan fingerprint density at radius 2 is 2.00 bits per heavy atom. The van der Waals surface area contributed by atoms with E-state index in [0.29, 0.717) is 12.0 Å². The molecule has 0 aliphatic heterocycles. The van der Waals surface area contributed by atoms with Gasteiger partial charge in [0.15, 0.2) is 0 Å². The molecule has 102 valence electrons. The van der Waals surface area contributed by atoms with E-state index in [2.05, 4.69) is 33.0 Å². The minimum atomic E-state index is -0.283. The maximum Gasteiger partial charge on any atom is 0.145 e. The van der Waals surface area contributed by atoms with Crippen LogP contribution < -0.4 is 5.32 Å². The Balaban J connectivity index is 2.93. The lowest BCUT2D eigenvalue weighted by molar-refractivity contribution is 0.231. The van der Waals surface area contributed by atoms with Gasteiger partial charge in [-0.05, 0) is 36.4 Å². The summed E-state index contributed by atoms with van der Waals surface area (Å²) in [5.41, 5.74) is 0.820. The molecule has 1 rings (SSSR count). The Morgan fingerprint density at radius 1 is 1.33 bits per heavy atom. The zero-order valence-electron chi connectivity index (χ0n) is 11.7. The van der Waals surface area contributed by atoms with E-state index >= 15 is 0 Å². The molecule has 0 saturated heterocycles. The molecule has 0 radical (unpaired) electrons. The van der Waals surface area contributed by atoms with Gasteiger partial charge >= 0.3 is 0 Å². The highest BCUT2D eigenvalue weighted by Crippen LogP contribution is 2.29. The van der Waals surface area contributed by atoms with E-state index in [4.69, 9.17) is 11.6 Å². The molecule has 0 spiro atoms. The van der Waals surface area contributed by atoms with Gasteiger partial charge in [0.05, 0.1) is 5.02 Å². The van der Waals surface area contributed by atoms with E-state index in [0.717, 1.165) is 13.0 Å². The van der Waals surface area contributed by atoms with Crippen LogP contribution in [0, 0.1) is 11.2 Å². The van der Waals surface area contributed by atoms with E-state index in [1.54, 1.807) is 6.07 Å². The van der Waals surface area contributed by atoms with Crippen LogP contribution >= 0.6 is 11.6 Å². The predicted octanol–water partition coefficient (Wildman–Crippen LogP) is 4.44. The lowest BCUT2D eigenvalue weighted by Gasteiger charge is -2.34. The average Bonchev–Trinajstić information content (AvgIpc) is 2.34. The van der Waals surface area contributed by atoms with Crippen LogP contribution in [0.25, 0.3) is 0 Å². The van der Waals surface area contributed by atoms with Crippen molar-refractivity contribution in [1.82, 2.24) is 5.32 Å². The second-order valence-corrected chi connectivity index (χ2v) is 5.78. The van der Waals surface area contributed by atoms with Crippen LogP contribution in [0.15, 0.2) is 18.2 Å². The smallest absolute Gasteiger partial charge is 0.145 e. The number of rotatable bonds is 6. The first kappa shape index (κ1) is 15.5. The number of hydrogen-bond acceptors (Lipinski definition) is 1. The van der Waals surface area contributed by atoms with Crippen molar-refractivity contribution < 1.29 is 4.39 Å². The van der Waals surface area contributed by atoms with Gasteiger partial charge in [-0.25, -0.2) is 4.39 Å². The quantitative estimate of drug-likeness (QED) is 0.807. The third-order valence-corrected chi connectivity index (χ3v) is 4.05. The molecule has 1 aromatic carbocycles. The van der Waals surface area contributed by atoms with Gasteiger partial charge in [0.1, 0.15) is 5.82 Å². The molecule has 1 aromatic rings. The number of halogens is 2. The van der Waals surface area contributed by atoms with E-state index in [9.17, 15) is 4.39 Å². The molecular weight excluding hydrogens is 249 g/mol. The van der Waals surface area contributed by atoms with Crippen molar-refractivity contribution >= 4 is 11.6 Å². The molecule has 3 heteroatoms. The summed E-state index contributed by atoms with van der Waals surface area (Å²) in [6.07, 6.45) is 1.72. The van der Waals surface area contributed by atoms with Crippen molar-refractivity contribution in [3.63, 3.8) is 0 Å². The van der Waals surface area contributed by atoms with Gasteiger partial charge < -0.3 is 5.32 Å². The van der Waals surface area contributed by atoms with Crippen LogP contribution in [-0.2, 0) is 6.42 Å². The Morgan fingerprint density at radius 3 is 2.56 bits per heavy atom. The number of likely N-dealkylation sites (N-methyl/N-ethyl adjacent to an activating group) is 1. The van der Waals surface area contributed by atoms with Crippen LogP contribution in [0.1, 0.15) is 39.7 Å². The Labute approximate surface area is 115 Å². The fraction of sp³-hybridized carbons (Fsp3) is 0.600. The molecule has 1 atom stereocenters. The molecule has 0 saturated carbocycles. The Hall–Kier alpha value is -0.600. The predicted molar refractivity (Wildman–Crippen MR) is 76.7 cm³/mol. The average molecular weight is 272 g/mol. The molecule has 0 aliphatic rings. The highest BCUT2D eigenvalue weighted by molar-refractivity contribution is 6.30. The molecule has 1 unspecified atom stereocenters.